The van der Waals surface area contributed by atoms with E-state index in [1.54, 1.807) is 7.11 Å². The first-order chi connectivity index (χ1) is 10.1. The summed E-state index contributed by atoms with van der Waals surface area (Å²) >= 11 is 0. The zero-order valence-corrected chi connectivity index (χ0v) is 13.1. The number of aromatic nitrogens is 2. The van der Waals surface area contributed by atoms with E-state index in [4.69, 9.17) is 9.26 Å². The number of rotatable bonds is 7. The highest BCUT2D eigenvalue weighted by Gasteiger charge is 2.29. The van der Waals surface area contributed by atoms with Crippen molar-refractivity contribution in [1.29, 1.82) is 0 Å². The van der Waals surface area contributed by atoms with Crippen LogP contribution in [-0.2, 0) is 16.6 Å². The minimum atomic E-state index is -0.278. The summed E-state index contributed by atoms with van der Waals surface area (Å²) < 4.78 is 10.6. The highest BCUT2D eigenvalue weighted by Crippen LogP contribution is 2.29. The molecule has 1 N–H and O–H groups in total. The molecule has 21 heavy (non-hydrogen) atoms. The lowest BCUT2D eigenvalue weighted by Gasteiger charge is -2.20. The lowest BCUT2D eigenvalue weighted by atomic mass is 9.84. The molecule has 5 nitrogen and oxygen atoms in total. The molecule has 1 atom stereocenters. The predicted molar refractivity (Wildman–Crippen MR) is 81.3 cm³/mol. The second-order valence-corrected chi connectivity index (χ2v) is 5.65. The van der Waals surface area contributed by atoms with Crippen molar-refractivity contribution in [3.63, 3.8) is 0 Å². The van der Waals surface area contributed by atoms with Gasteiger partial charge >= 0.3 is 0 Å². The van der Waals surface area contributed by atoms with E-state index in [1.165, 1.54) is 5.56 Å². The fraction of sp³-hybridized carbons (Fsp3) is 0.500. The molecule has 0 saturated carbocycles. The van der Waals surface area contributed by atoms with Crippen LogP contribution in [0.3, 0.4) is 0 Å². The quantitative estimate of drug-likeness (QED) is 0.846. The summed E-state index contributed by atoms with van der Waals surface area (Å²) in [5.41, 5.74) is 0.888. The highest BCUT2D eigenvalue weighted by atomic mass is 16.5. The molecule has 1 unspecified atom stereocenters. The van der Waals surface area contributed by atoms with Crippen molar-refractivity contribution in [3.05, 3.63) is 47.6 Å². The molecule has 0 amide bonds. The molecule has 2 aromatic rings. The molecule has 5 heteroatoms. The lowest BCUT2D eigenvalue weighted by Crippen LogP contribution is -2.32. The number of hydrogen-bond donors (Lipinski definition) is 1. The Morgan fingerprint density at radius 3 is 2.62 bits per heavy atom. The summed E-state index contributed by atoms with van der Waals surface area (Å²) in [6.45, 7) is 4.81. The van der Waals surface area contributed by atoms with Gasteiger partial charge in [0.2, 0.25) is 5.89 Å². The second-order valence-electron chi connectivity index (χ2n) is 5.65. The van der Waals surface area contributed by atoms with E-state index in [2.05, 4.69) is 41.4 Å². The Hall–Kier alpha value is -1.72. The Bertz CT molecular complexity index is 552. The van der Waals surface area contributed by atoms with Gasteiger partial charge in [0.1, 0.15) is 0 Å². The SMILES string of the molecule is CNC(COC)Cc1nc(C(C)(C)c2ccccc2)no1. The van der Waals surface area contributed by atoms with E-state index in [0.29, 0.717) is 24.7 Å². The zero-order valence-electron chi connectivity index (χ0n) is 13.1. The van der Waals surface area contributed by atoms with Crippen LogP contribution in [0.5, 0.6) is 0 Å². The number of benzene rings is 1. The largest absolute Gasteiger partial charge is 0.383 e. The number of nitrogens with one attached hydrogen (secondary N) is 1. The zero-order chi connectivity index (χ0) is 15.3. The van der Waals surface area contributed by atoms with Gasteiger partial charge in [0.15, 0.2) is 5.82 Å². The van der Waals surface area contributed by atoms with Crippen LogP contribution in [0, 0.1) is 0 Å². The minimum absolute atomic E-state index is 0.170. The normalized spacial score (nSPS) is 13.3. The van der Waals surface area contributed by atoms with Crippen LogP contribution >= 0.6 is 0 Å². The average molecular weight is 289 g/mol. The minimum Gasteiger partial charge on any atom is -0.383 e. The van der Waals surface area contributed by atoms with Crippen molar-refractivity contribution in [2.24, 2.45) is 0 Å². The van der Waals surface area contributed by atoms with E-state index in [1.807, 2.05) is 25.2 Å². The standard InChI is InChI=1S/C16H23N3O2/c1-16(2,12-8-6-5-7-9-12)15-18-14(21-19-15)10-13(17-3)11-20-4/h5-9,13,17H,10-11H2,1-4H3. The number of hydrogen-bond acceptors (Lipinski definition) is 5. The summed E-state index contributed by atoms with van der Waals surface area (Å²) in [7, 11) is 3.58. The molecule has 0 fully saturated rings. The molecule has 0 aliphatic rings. The summed E-state index contributed by atoms with van der Waals surface area (Å²) in [5.74, 6) is 1.33. The third-order valence-corrected chi connectivity index (χ3v) is 3.72. The van der Waals surface area contributed by atoms with Gasteiger partial charge in [-0.15, -0.1) is 0 Å². The maximum absolute atomic E-state index is 5.39. The Labute approximate surface area is 125 Å². The fourth-order valence-corrected chi connectivity index (χ4v) is 2.23. The van der Waals surface area contributed by atoms with E-state index in [9.17, 15) is 0 Å². The molecule has 1 aromatic carbocycles. The van der Waals surface area contributed by atoms with Gasteiger partial charge in [0.05, 0.1) is 12.0 Å². The smallest absolute Gasteiger partial charge is 0.228 e. The van der Waals surface area contributed by atoms with Crippen molar-refractivity contribution in [2.75, 3.05) is 20.8 Å². The first kappa shape index (κ1) is 15.7. The fourth-order valence-electron chi connectivity index (χ4n) is 2.23. The molecule has 0 saturated heterocycles. The van der Waals surface area contributed by atoms with Crippen LogP contribution < -0.4 is 5.32 Å². The summed E-state index contributed by atoms with van der Waals surface area (Å²) in [4.78, 5) is 4.55. The van der Waals surface area contributed by atoms with Gasteiger partial charge in [0, 0.05) is 19.6 Å². The first-order valence-corrected chi connectivity index (χ1v) is 7.12. The Kier molecular flexibility index (Phi) is 5.09. The van der Waals surface area contributed by atoms with Crippen LogP contribution in [0.25, 0.3) is 0 Å². The molecule has 0 aliphatic heterocycles. The lowest BCUT2D eigenvalue weighted by molar-refractivity contribution is 0.165. The van der Waals surface area contributed by atoms with Gasteiger partial charge in [-0.3, -0.25) is 0 Å². The molecule has 2 rings (SSSR count). The van der Waals surface area contributed by atoms with Crippen LogP contribution in [-0.4, -0.2) is 36.9 Å². The molecular formula is C16H23N3O2. The van der Waals surface area contributed by atoms with Gasteiger partial charge in [-0.25, -0.2) is 0 Å². The predicted octanol–water partition coefficient (Wildman–Crippen LogP) is 2.17. The molecule has 0 radical (unpaired) electrons. The number of methoxy groups -OCH3 is 1. The molecule has 1 heterocycles. The summed E-state index contributed by atoms with van der Waals surface area (Å²) in [6, 6.07) is 10.4. The van der Waals surface area contributed by atoms with Crippen molar-refractivity contribution in [3.8, 4) is 0 Å². The molecule has 0 bridgehead atoms. The van der Waals surface area contributed by atoms with E-state index < -0.39 is 0 Å². The first-order valence-electron chi connectivity index (χ1n) is 7.12. The van der Waals surface area contributed by atoms with Crippen LogP contribution in [0.2, 0.25) is 0 Å². The Morgan fingerprint density at radius 1 is 1.29 bits per heavy atom. The van der Waals surface area contributed by atoms with Gasteiger partial charge in [-0.1, -0.05) is 35.5 Å². The van der Waals surface area contributed by atoms with E-state index in [0.717, 1.165) is 0 Å². The number of ether oxygens (including phenoxy) is 1. The van der Waals surface area contributed by atoms with Crippen molar-refractivity contribution >= 4 is 0 Å². The van der Waals surface area contributed by atoms with Crippen molar-refractivity contribution in [1.82, 2.24) is 15.5 Å². The molecule has 1 aromatic heterocycles. The molecule has 0 spiro atoms. The van der Waals surface area contributed by atoms with Gasteiger partial charge < -0.3 is 14.6 Å². The number of nitrogens with zero attached hydrogens (tertiary/aromatic N) is 2. The summed E-state index contributed by atoms with van der Waals surface area (Å²) in [6.07, 6.45) is 0.655. The van der Waals surface area contributed by atoms with Gasteiger partial charge in [0.25, 0.3) is 0 Å². The van der Waals surface area contributed by atoms with Crippen LogP contribution in [0.4, 0.5) is 0 Å². The van der Waals surface area contributed by atoms with Gasteiger partial charge in [-0.05, 0) is 26.5 Å². The monoisotopic (exact) mass is 289 g/mol. The molecule has 114 valence electrons. The molecular weight excluding hydrogens is 266 g/mol. The van der Waals surface area contributed by atoms with Crippen LogP contribution in [0.15, 0.2) is 34.9 Å². The third kappa shape index (κ3) is 3.68. The second kappa shape index (κ2) is 6.83. The number of likely N-dealkylation sites (N-methyl/N-ethyl adjacent to an activating group) is 1. The highest BCUT2D eigenvalue weighted by molar-refractivity contribution is 5.30. The van der Waals surface area contributed by atoms with E-state index >= 15 is 0 Å². The van der Waals surface area contributed by atoms with Crippen molar-refractivity contribution < 1.29 is 9.26 Å². The third-order valence-electron chi connectivity index (χ3n) is 3.72. The Balaban J connectivity index is 2.15. The molecule has 0 aliphatic carbocycles. The van der Waals surface area contributed by atoms with Crippen molar-refractivity contribution in [2.45, 2.75) is 31.7 Å². The van der Waals surface area contributed by atoms with Gasteiger partial charge in [-0.2, -0.15) is 4.98 Å². The topological polar surface area (TPSA) is 60.2 Å². The van der Waals surface area contributed by atoms with Crippen LogP contribution in [0.1, 0.15) is 31.1 Å². The Morgan fingerprint density at radius 2 is 2.00 bits per heavy atom. The average Bonchev–Trinajstić information content (AvgIpc) is 2.97. The maximum Gasteiger partial charge on any atom is 0.228 e. The maximum atomic E-state index is 5.39. The summed E-state index contributed by atoms with van der Waals surface area (Å²) in [5, 5.41) is 7.34. The van der Waals surface area contributed by atoms with E-state index in [-0.39, 0.29) is 11.5 Å².